The monoisotopic (exact) mass is 261 g/mol. The Bertz CT molecular complexity index is 484. The molecule has 5 nitrogen and oxygen atoms in total. The molecule has 90 valence electrons. The molecule has 1 N–H and O–H groups in total. The van der Waals surface area contributed by atoms with Gasteiger partial charge in [0.15, 0.2) is 5.82 Å². The van der Waals surface area contributed by atoms with Crippen molar-refractivity contribution >= 4 is 11.8 Å². The van der Waals surface area contributed by atoms with Gasteiger partial charge in [-0.1, -0.05) is 5.21 Å². The Morgan fingerprint density at radius 2 is 2.18 bits per heavy atom. The predicted octanol–water partition coefficient (Wildman–Crippen LogP) is 1.91. The summed E-state index contributed by atoms with van der Waals surface area (Å²) in [6.45, 7) is 0. The van der Waals surface area contributed by atoms with E-state index in [2.05, 4.69) is 25.6 Å². The molecule has 0 saturated heterocycles. The molecule has 0 aliphatic heterocycles. The van der Waals surface area contributed by atoms with Crippen molar-refractivity contribution in [3.05, 3.63) is 29.8 Å². The highest BCUT2D eigenvalue weighted by Crippen LogP contribution is 2.30. The number of nitrogens with one attached hydrogen (secondary N) is 1. The number of H-pyrrole nitrogens is 1. The molecule has 0 unspecified atom stereocenters. The highest BCUT2D eigenvalue weighted by Gasteiger charge is 2.32. The Balaban J connectivity index is 2.07. The van der Waals surface area contributed by atoms with Gasteiger partial charge in [-0.25, -0.2) is 0 Å². The second-order valence-electron chi connectivity index (χ2n) is 2.99. The molecular weight excluding hydrogens is 255 g/mol. The van der Waals surface area contributed by atoms with E-state index in [0.29, 0.717) is 16.5 Å². The lowest BCUT2D eigenvalue weighted by atomic mass is 10.3. The molecule has 9 heteroatoms. The number of halogens is 3. The summed E-state index contributed by atoms with van der Waals surface area (Å²) < 4.78 is 37.1. The molecule has 2 aromatic rings. The van der Waals surface area contributed by atoms with Crippen LogP contribution >= 0.6 is 11.8 Å². The summed E-state index contributed by atoms with van der Waals surface area (Å²) in [5.74, 6) is 0.776. The first-order valence-corrected chi connectivity index (χ1v) is 5.42. The van der Waals surface area contributed by atoms with E-state index in [1.165, 1.54) is 17.8 Å². The zero-order valence-corrected chi connectivity index (χ0v) is 9.09. The van der Waals surface area contributed by atoms with Crippen LogP contribution in [0.4, 0.5) is 13.2 Å². The van der Waals surface area contributed by atoms with Gasteiger partial charge >= 0.3 is 6.18 Å². The summed E-state index contributed by atoms with van der Waals surface area (Å²) in [6, 6.07) is 2.49. The van der Waals surface area contributed by atoms with Crippen molar-refractivity contribution in [2.45, 2.75) is 16.8 Å². The van der Waals surface area contributed by atoms with Crippen molar-refractivity contribution < 1.29 is 13.2 Å². The number of thioether (sulfide) groups is 1. The highest BCUT2D eigenvalue weighted by atomic mass is 32.2. The number of rotatable bonds is 3. The van der Waals surface area contributed by atoms with Crippen LogP contribution in [-0.2, 0) is 11.9 Å². The van der Waals surface area contributed by atoms with Gasteiger partial charge in [0, 0.05) is 11.1 Å². The molecule has 2 rings (SSSR count). The number of aromatic nitrogens is 5. The van der Waals surface area contributed by atoms with E-state index < -0.39 is 11.9 Å². The van der Waals surface area contributed by atoms with Crippen LogP contribution in [0.15, 0.2) is 23.2 Å². The number of hydrogen-bond donors (Lipinski definition) is 1. The molecule has 2 aromatic heterocycles. The Hall–Kier alpha value is -1.64. The fourth-order valence-electron chi connectivity index (χ4n) is 1.05. The van der Waals surface area contributed by atoms with Crippen LogP contribution < -0.4 is 0 Å². The molecule has 0 aliphatic rings. The van der Waals surface area contributed by atoms with Crippen LogP contribution in [0.2, 0.25) is 0 Å². The average molecular weight is 261 g/mol. The minimum absolute atomic E-state index is 0.345. The topological polar surface area (TPSA) is 67.3 Å². The zero-order valence-electron chi connectivity index (χ0n) is 8.27. The third-order valence-corrected chi connectivity index (χ3v) is 2.77. The number of hydrogen-bond acceptors (Lipinski definition) is 5. The third kappa shape index (κ3) is 3.16. The van der Waals surface area contributed by atoms with Gasteiger partial charge in [0.2, 0.25) is 0 Å². The van der Waals surface area contributed by atoms with Gasteiger partial charge in [-0.2, -0.15) is 18.4 Å². The Morgan fingerprint density at radius 1 is 1.35 bits per heavy atom. The SMILES string of the molecule is FC(F)(F)c1cc(SCc2nn[nH]n2)ccn1. The summed E-state index contributed by atoms with van der Waals surface area (Å²) in [4.78, 5) is 3.72. The van der Waals surface area contributed by atoms with Gasteiger partial charge in [0.05, 0.1) is 5.75 Å². The molecule has 0 amide bonds. The lowest BCUT2D eigenvalue weighted by Crippen LogP contribution is -2.07. The van der Waals surface area contributed by atoms with Crippen LogP contribution in [0.5, 0.6) is 0 Å². The second kappa shape index (κ2) is 4.70. The largest absolute Gasteiger partial charge is 0.433 e. The molecule has 0 aromatic carbocycles. The van der Waals surface area contributed by atoms with Crippen molar-refractivity contribution in [1.29, 1.82) is 0 Å². The van der Waals surface area contributed by atoms with Crippen LogP contribution in [0.1, 0.15) is 11.5 Å². The van der Waals surface area contributed by atoms with E-state index in [1.807, 2.05) is 0 Å². The van der Waals surface area contributed by atoms with Crippen molar-refractivity contribution in [3.63, 3.8) is 0 Å². The number of aromatic amines is 1. The Kier molecular flexibility index (Phi) is 3.27. The quantitative estimate of drug-likeness (QED) is 0.855. The van der Waals surface area contributed by atoms with Crippen LogP contribution in [0.3, 0.4) is 0 Å². The highest BCUT2D eigenvalue weighted by molar-refractivity contribution is 7.98. The third-order valence-electron chi connectivity index (χ3n) is 1.78. The molecule has 0 atom stereocenters. The molecule has 0 fully saturated rings. The van der Waals surface area contributed by atoms with Crippen molar-refractivity contribution in [2.75, 3.05) is 0 Å². The molecule has 0 bridgehead atoms. The number of nitrogens with zero attached hydrogens (tertiary/aromatic N) is 4. The Labute approximate surface area is 97.8 Å². The van der Waals surface area contributed by atoms with E-state index in [-0.39, 0.29) is 0 Å². The summed E-state index contributed by atoms with van der Waals surface area (Å²) >= 11 is 1.18. The van der Waals surface area contributed by atoms with Crippen LogP contribution in [-0.4, -0.2) is 25.6 Å². The van der Waals surface area contributed by atoms with Gasteiger partial charge in [-0.05, 0) is 12.1 Å². The second-order valence-corrected chi connectivity index (χ2v) is 4.04. The molecular formula is C8H6F3N5S. The average Bonchev–Trinajstić information content (AvgIpc) is 2.78. The molecule has 0 saturated carbocycles. The van der Waals surface area contributed by atoms with Crippen LogP contribution in [0.25, 0.3) is 0 Å². The van der Waals surface area contributed by atoms with Gasteiger partial charge < -0.3 is 0 Å². The fourth-order valence-corrected chi connectivity index (χ4v) is 1.82. The molecule has 0 radical (unpaired) electrons. The van der Waals surface area contributed by atoms with E-state index in [0.717, 1.165) is 12.3 Å². The van der Waals surface area contributed by atoms with Crippen molar-refractivity contribution in [1.82, 2.24) is 25.6 Å². The minimum Gasteiger partial charge on any atom is -0.252 e. The van der Waals surface area contributed by atoms with E-state index in [9.17, 15) is 13.2 Å². The number of tetrazole rings is 1. The van der Waals surface area contributed by atoms with Crippen molar-refractivity contribution in [2.24, 2.45) is 0 Å². The first-order valence-electron chi connectivity index (χ1n) is 4.44. The molecule has 0 spiro atoms. The lowest BCUT2D eigenvalue weighted by molar-refractivity contribution is -0.141. The normalized spacial score (nSPS) is 11.7. The number of pyridine rings is 1. The fraction of sp³-hybridized carbons (Fsp3) is 0.250. The van der Waals surface area contributed by atoms with Gasteiger partial charge in [0.25, 0.3) is 0 Å². The smallest absolute Gasteiger partial charge is 0.252 e. The standard InChI is InChI=1S/C8H6F3N5S/c9-8(10,11)6-3-5(1-2-12-6)17-4-7-13-15-16-14-7/h1-3H,4H2,(H,13,14,15,16). The van der Waals surface area contributed by atoms with Gasteiger partial charge in [-0.15, -0.1) is 22.0 Å². The molecule has 2 heterocycles. The minimum atomic E-state index is -4.43. The summed E-state index contributed by atoms with van der Waals surface area (Å²) in [5, 5.41) is 13.0. The summed E-state index contributed by atoms with van der Waals surface area (Å²) in [6.07, 6.45) is -3.30. The van der Waals surface area contributed by atoms with Crippen LogP contribution in [0, 0.1) is 0 Å². The maximum atomic E-state index is 12.4. The molecule has 17 heavy (non-hydrogen) atoms. The number of alkyl halides is 3. The zero-order chi connectivity index (χ0) is 12.3. The summed E-state index contributed by atoms with van der Waals surface area (Å²) in [7, 11) is 0. The maximum Gasteiger partial charge on any atom is 0.433 e. The molecule has 0 aliphatic carbocycles. The van der Waals surface area contributed by atoms with Gasteiger partial charge in [0.1, 0.15) is 5.69 Å². The van der Waals surface area contributed by atoms with E-state index in [4.69, 9.17) is 0 Å². The predicted molar refractivity (Wildman–Crippen MR) is 53.0 cm³/mol. The summed E-state index contributed by atoms with van der Waals surface area (Å²) in [5.41, 5.74) is -0.907. The Morgan fingerprint density at radius 3 is 2.82 bits per heavy atom. The van der Waals surface area contributed by atoms with E-state index in [1.54, 1.807) is 0 Å². The van der Waals surface area contributed by atoms with Crippen molar-refractivity contribution in [3.8, 4) is 0 Å². The first-order chi connectivity index (χ1) is 8.05. The van der Waals surface area contributed by atoms with E-state index >= 15 is 0 Å². The first kappa shape index (κ1) is 11.8. The lowest BCUT2D eigenvalue weighted by Gasteiger charge is -2.06. The maximum absolute atomic E-state index is 12.4. The van der Waals surface area contributed by atoms with Gasteiger partial charge in [-0.3, -0.25) is 4.98 Å².